The highest BCUT2D eigenvalue weighted by molar-refractivity contribution is 5.19. The fraction of sp³-hybridized carbons (Fsp3) is 0.538. The monoisotopic (exact) mass is 242 g/mol. The Bertz CT molecular complexity index is 333. The van der Waals surface area contributed by atoms with E-state index in [-0.39, 0.29) is 12.1 Å². The molecule has 1 aromatic carbocycles. The van der Waals surface area contributed by atoms with Gasteiger partial charge in [-0.15, -0.1) is 0 Å². The maximum absolute atomic E-state index is 13.3. The average Bonchev–Trinajstić information content (AvgIpc) is 2.27. The van der Waals surface area contributed by atoms with E-state index in [4.69, 9.17) is 0 Å². The quantitative estimate of drug-likeness (QED) is 0.771. The van der Waals surface area contributed by atoms with Crippen LogP contribution in [0.15, 0.2) is 18.2 Å². The van der Waals surface area contributed by atoms with Crippen LogP contribution >= 0.6 is 0 Å². The summed E-state index contributed by atoms with van der Waals surface area (Å²) in [6.45, 7) is 6.01. The summed E-state index contributed by atoms with van der Waals surface area (Å²) < 4.78 is 26.5. The third-order valence-corrected chi connectivity index (χ3v) is 2.89. The van der Waals surface area contributed by atoms with Crippen LogP contribution in [0.4, 0.5) is 8.78 Å². The summed E-state index contributed by atoms with van der Waals surface area (Å²) in [5.41, 5.74) is 0.111. The Labute approximate surface area is 102 Å². The van der Waals surface area contributed by atoms with Crippen molar-refractivity contribution in [2.75, 3.05) is 20.1 Å². The summed E-state index contributed by atoms with van der Waals surface area (Å²) in [7, 11) is 2.02. The van der Waals surface area contributed by atoms with Gasteiger partial charge in [0.1, 0.15) is 11.6 Å². The van der Waals surface area contributed by atoms with Crippen molar-refractivity contribution in [2.45, 2.75) is 26.4 Å². The van der Waals surface area contributed by atoms with Crippen LogP contribution in [-0.4, -0.2) is 31.1 Å². The van der Waals surface area contributed by atoms with Gasteiger partial charge in [-0.25, -0.2) is 8.78 Å². The van der Waals surface area contributed by atoms with Crippen LogP contribution in [0, 0.1) is 11.6 Å². The number of nitrogens with one attached hydrogen (secondary N) is 1. The number of rotatable bonds is 6. The Hall–Kier alpha value is -1.00. The zero-order valence-corrected chi connectivity index (χ0v) is 10.6. The molecule has 0 aliphatic heterocycles. The SMILES string of the molecule is CC(C)N(C)CCNCc1c(F)cccc1F. The first kappa shape index (κ1) is 14.1. The molecule has 0 aromatic heterocycles. The summed E-state index contributed by atoms with van der Waals surface area (Å²) in [5.74, 6) is -0.982. The van der Waals surface area contributed by atoms with Crippen LogP contribution in [0.25, 0.3) is 0 Å². The first-order valence-corrected chi connectivity index (χ1v) is 5.86. The van der Waals surface area contributed by atoms with Gasteiger partial charge in [-0.3, -0.25) is 0 Å². The minimum Gasteiger partial charge on any atom is -0.311 e. The van der Waals surface area contributed by atoms with E-state index in [1.807, 2.05) is 7.05 Å². The van der Waals surface area contributed by atoms with E-state index in [2.05, 4.69) is 24.1 Å². The van der Waals surface area contributed by atoms with Crippen molar-refractivity contribution in [2.24, 2.45) is 0 Å². The number of likely N-dealkylation sites (N-methyl/N-ethyl adjacent to an activating group) is 1. The summed E-state index contributed by atoms with van der Waals surface area (Å²) in [6.07, 6.45) is 0. The van der Waals surface area contributed by atoms with Gasteiger partial charge in [-0.2, -0.15) is 0 Å². The zero-order valence-electron chi connectivity index (χ0n) is 10.6. The molecule has 0 radical (unpaired) electrons. The molecule has 4 heteroatoms. The highest BCUT2D eigenvalue weighted by atomic mass is 19.1. The van der Waals surface area contributed by atoms with Crippen molar-refractivity contribution in [3.63, 3.8) is 0 Å². The van der Waals surface area contributed by atoms with Crippen molar-refractivity contribution >= 4 is 0 Å². The molecule has 17 heavy (non-hydrogen) atoms. The van der Waals surface area contributed by atoms with Gasteiger partial charge in [0.2, 0.25) is 0 Å². The fourth-order valence-electron chi connectivity index (χ4n) is 1.43. The molecular weight excluding hydrogens is 222 g/mol. The third-order valence-electron chi connectivity index (χ3n) is 2.89. The predicted octanol–water partition coefficient (Wildman–Crippen LogP) is 2.39. The lowest BCUT2D eigenvalue weighted by Gasteiger charge is -2.21. The Morgan fingerprint density at radius 2 is 1.82 bits per heavy atom. The number of nitrogens with zero attached hydrogens (tertiary/aromatic N) is 1. The van der Waals surface area contributed by atoms with Crippen LogP contribution in [0.5, 0.6) is 0 Å². The average molecular weight is 242 g/mol. The van der Waals surface area contributed by atoms with Crippen LogP contribution in [-0.2, 0) is 6.54 Å². The second-order valence-electron chi connectivity index (χ2n) is 4.45. The van der Waals surface area contributed by atoms with Gasteiger partial charge in [-0.05, 0) is 33.0 Å². The summed E-state index contributed by atoms with van der Waals surface area (Å²) >= 11 is 0. The molecule has 0 spiro atoms. The fourth-order valence-corrected chi connectivity index (χ4v) is 1.43. The Kier molecular flexibility index (Phi) is 5.51. The molecule has 0 saturated heterocycles. The van der Waals surface area contributed by atoms with E-state index in [1.165, 1.54) is 18.2 Å². The second kappa shape index (κ2) is 6.67. The van der Waals surface area contributed by atoms with E-state index in [0.717, 1.165) is 6.54 Å². The molecular formula is C13H20F2N2. The van der Waals surface area contributed by atoms with Gasteiger partial charge in [0.15, 0.2) is 0 Å². The minimum absolute atomic E-state index is 0.111. The predicted molar refractivity (Wildman–Crippen MR) is 65.8 cm³/mol. The largest absolute Gasteiger partial charge is 0.311 e. The van der Waals surface area contributed by atoms with Crippen molar-refractivity contribution in [1.82, 2.24) is 10.2 Å². The highest BCUT2D eigenvalue weighted by Gasteiger charge is 2.07. The van der Waals surface area contributed by atoms with E-state index in [1.54, 1.807) is 0 Å². The van der Waals surface area contributed by atoms with Crippen molar-refractivity contribution in [3.8, 4) is 0 Å². The van der Waals surface area contributed by atoms with E-state index in [9.17, 15) is 8.78 Å². The van der Waals surface area contributed by atoms with Crippen LogP contribution in [0.1, 0.15) is 19.4 Å². The first-order chi connectivity index (χ1) is 8.02. The lowest BCUT2D eigenvalue weighted by Crippen LogP contribution is -2.33. The van der Waals surface area contributed by atoms with E-state index < -0.39 is 11.6 Å². The molecule has 1 rings (SSSR count). The van der Waals surface area contributed by atoms with Gasteiger partial charge in [-0.1, -0.05) is 6.07 Å². The lowest BCUT2D eigenvalue weighted by atomic mass is 10.2. The zero-order chi connectivity index (χ0) is 12.8. The Balaban J connectivity index is 2.36. The lowest BCUT2D eigenvalue weighted by molar-refractivity contribution is 0.273. The minimum atomic E-state index is -0.491. The third kappa shape index (κ3) is 4.40. The summed E-state index contributed by atoms with van der Waals surface area (Å²) in [4.78, 5) is 2.17. The first-order valence-electron chi connectivity index (χ1n) is 5.86. The summed E-state index contributed by atoms with van der Waals surface area (Å²) in [5, 5.41) is 3.05. The van der Waals surface area contributed by atoms with Gasteiger partial charge in [0.25, 0.3) is 0 Å². The van der Waals surface area contributed by atoms with Crippen molar-refractivity contribution in [3.05, 3.63) is 35.4 Å². The number of benzene rings is 1. The molecule has 0 aliphatic carbocycles. The maximum Gasteiger partial charge on any atom is 0.130 e. The molecule has 0 unspecified atom stereocenters. The molecule has 0 atom stereocenters. The molecule has 0 amide bonds. The van der Waals surface area contributed by atoms with Gasteiger partial charge < -0.3 is 10.2 Å². The smallest absolute Gasteiger partial charge is 0.130 e. The number of hydrogen-bond donors (Lipinski definition) is 1. The standard InChI is InChI=1S/C13H20F2N2/c1-10(2)17(3)8-7-16-9-11-12(14)5-4-6-13(11)15/h4-6,10,16H,7-9H2,1-3H3. The van der Waals surface area contributed by atoms with Crippen molar-refractivity contribution in [1.29, 1.82) is 0 Å². The normalized spacial score (nSPS) is 11.5. The molecule has 0 fully saturated rings. The molecule has 1 aromatic rings. The molecule has 0 aliphatic rings. The maximum atomic E-state index is 13.3. The number of halogens is 2. The van der Waals surface area contributed by atoms with Crippen LogP contribution < -0.4 is 5.32 Å². The van der Waals surface area contributed by atoms with Gasteiger partial charge >= 0.3 is 0 Å². The van der Waals surface area contributed by atoms with E-state index >= 15 is 0 Å². The van der Waals surface area contributed by atoms with Crippen molar-refractivity contribution < 1.29 is 8.78 Å². The number of hydrogen-bond acceptors (Lipinski definition) is 2. The molecule has 96 valence electrons. The van der Waals surface area contributed by atoms with Gasteiger partial charge in [0, 0.05) is 31.2 Å². The molecule has 2 nitrogen and oxygen atoms in total. The highest BCUT2D eigenvalue weighted by Crippen LogP contribution is 2.11. The summed E-state index contributed by atoms with van der Waals surface area (Å²) in [6, 6.07) is 4.41. The molecule has 0 saturated carbocycles. The Morgan fingerprint density at radius 1 is 1.24 bits per heavy atom. The topological polar surface area (TPSA) is 15.3 Å². The Morgan fingerprint density at radius 3 is 2.35 bits per heavy atom. The van der Waals surface area contributed by atoms with Gasteiger partial charge in [0.05, 0.1) is 0 Å². The molecule has 1 N–H and O–H groups in total. The molecule has 0 bridgehead atoms. The molecule has 0 heterocycles. The van der Waals surface area contributed by atoms with E-state index in [0.29, 0.717) is 12.6 Å². The van der Waals surface area contributed by atoms with Crippen LogP contribution in [0.2, 0.25) is 0 Å². The second-order valence-corrected chi connectivity index (χ2v) is 4.45. The van der Waals surface area contributed by atoms with Crippen LogP contribution in [0.3, 0.4) is 0 Å².